The summed E-state index contributed by atoms with van der Waals surface area (Å²) < 4.78 is 8.57. The number of pyridine rings is 2. The first-order chi connectivity index (χ1) is 20.5. The van der Waals surface area contributed by atoms with Gasteiger partial charge in [0, 0.05) is 30.0 Å². The maximum absolute atomic E-state index is 12.1. The number of anilines is 1. The Kier molecular flexibility index (Phi) is 8.11. The molecule has 1 aliphatic carbocycles. The molecule has 43 heavy (non-hydrogen) atoms. The quantitative estimate of drug-likeness (QED) is 0.287. The molecule has 0 radical (unpaired) electrons. The van der Waals surface area contributed by atoms with Crippen LogP contribution in [-0.4, -0.2) is 64.1 Å². The molecule has 0 spiro atoms. The van der Waals surface area contributed by atoms with Gasteiger partial charge in [0.15, 0.2) is 11.5 Å². The van der Waals surface area contributed by atoms with Crippen LogP contribution in [0.1, 0.15) is 77.0 Å². The van der Waals surface area contributed by atoms with Crippen molar-refractivity contribution < 1.29 is 14.6 Å². The van der Waals surface area contributed by atoms with Crippen molar-refractivity contribution in [3.05, 3.63) is 48.2 Å². The molecule has 1 fully saturated rings. The van der Waals surface area contributed by atoms with Gasteiger partial charge < -0.3 is 15.2 Å². The van der Waals surface area contributed by atoms with Gasteiger partial charge in [0.05, 0.1) is 59.2 Å². The molecule has 13 nitrogen and oxygen atoms in total. The number of carbonyl (C=O) groups is 1. The second-order valence-electron chi connectivity index (χ2n) is 12.1. The highest BCUT2D eigenvalue weighted by Crippen LogP contribution is 2.39. The summed E-state index contributed by atoms with van der Waals surface area (Å²) >= 11 is 0. The Morgan fingerprint density at radius 2 is 1.98 bits per heavy atom. The zero-order valence-corrected chi connectivity index (χ0v) is 24.7. The van der Waals surface area contributed by atoms with Crippen LogP contribution >= 0.6 is 0 Å². The largest absolute Gasteiger partial charge is 0.465 e. The lowest BCUT2D eigenvalue weighted by Gasteiger charge is -2.35. The Morgan fingerprint density at radius 3 is 2.67 bits per heavy atom. The van der Waals surface area contributed by atoms with Crippen LogP contribution in [0.2, 0.25) is 0 Å². The van der Waals surface area contributed by atoms with E-state index in [1.165, 1.54) is 6.20 Å². The molecule has 0 saturated heterocycles. The van der Waals surface area contributed by atoms with Crippen LogP contribution in [-0.2, 0) is 9.53 Å². The van der Waals surface area contributed by atoms with Gasteiger partial charge in [-0.3, -0.25) is 4.79 Å². The second-order valence-corrected chi connectivity index (χ2v) is 12.1. The van der Waals surface area contributed by atoms with E-state index in [-0.39, 0.29) is 18.5 Å². The molecule has 1 saturated carbocycles. The molecule has 0 aliphatic heterocycles. The second kappa shape index (κ2) is 11.8. The van der Waals surface area contributed by atoms with Gasteiger partial charge in [-0.15, -0.1) is 5.10 Å². The molecule has 0 unspecified atom stereocenters. The van der Waals surface area contributed by atoms with Gasteiger partial charge in [0.2, 0.25) is 0 Å². The number of nitrogens with zero attached hydrogens (tertiary/aromatic N) is 9. The summed E-state index contributed by atoms with van der Waals surface area (Å²) in [6, 6.07) is 7.24. The molecule has 4 aromatic rings. The average molecular weight is 583 g/mol. The molecule has 1 atom stereocenters. The number of aromatic nitrogens is 7. The van der Waals surface area contributed by atoms with Gasteiger partial charge in [0.1, 0.15) is 17.8 Å². The summed E-state index contributed by atoms with van der Waals surface area (Å²) in [6.45, 7) is 7.36. The maximum atomic E-state index is 12.1. The molecule has 4 heterocycles. The fourth-order valence-corrected chi connectivity index (χ4v) is 5.10. The van der Waals surface area contributed by atoms with E-state index in [9.17, 15) is 20.4 Å². The highest BCUT2D eigenvalue weighted by atomic mass is 16.5. The Bertz CT molecular complexity index is 1710. The van der Waals surface area contributed by atoms with Gasteiger partial charge in [-0.25, -0.2) is 14.6 Å². The molecular weight excluding hydrogens is 548 g/mol. The van der Waals surface area contributed by atoms with E-state index in [1.54, 1.807) is 61.6 Å². The lowest BCUT2D eigenvalue weighted by atomic mass is 9.76. The van der Waals surface area contributed by atoms with Crippen molar-refractivity contribution in [1.29, 1.82) is 10.5 Å². The summed E-state index contributed by atoms with van der Waals surface area (Å²) in [6.07, 6.45) is 9.59. The molecule has 2 N–H and O–H groups in total. The highest BCUT2D eigenvalue weighted by molar-refractivity contribution is 5.78. The fraction of sp³-hybridized carbons (Fsp3) is 0.467. The van der Waals surface area contributed by atoms with E-state index in [4.69, 9.17) is 4.74 Å². The van der Waals surface area contributed by atoms with Crippen LogP contribution in [0.15, 0.2) is 36.9 Å². The first kappa shape index (κ1) is 29.6. The molecule has 0 aromatic carbocycles. The monoisotopic (exact) mass is 582 g/mol. The van der Waals surface area contributed by atoms with Crippen LogP contribution in [0.4, 0.5) is 5.69 Å². The van der Waals surface area contributed by atoms with Crippen LogP contribution in [0.5, 0.6) is 0 Å². The van der Waals surface area contributed by atoms with E-state index >= 15 is 0 Å². The lowest BCUT2D eigenvalue weighted by molar-refractivity contribution is -0.154. The maximum Gasteiger partial charge on any atom is 0.311 e. The zero-order chi connectivity index (χ0) is 30.8. The van der Waals surface area contributed by atoms with Crippen molar-refractivity contribution >= 4 is 22.7 Å². The third-order valence-corrected chi connectivity index (χ3v) is 7.69. The number of rotatable bonds is 8. The van der Waals surface area contributed by atoms with Gasteiger partial charge >= 0.3 is 5.97 Å². The number of esters is 1. The lowest BCUT2D eigenvalue weighted by Crippen LogP contribution is -2.35. The van der Waals surface area contributed by atoms with Gasteiger partial charge in [-0.05, 0) is 59.4 Å². The predicted molar refractivity (Wildman–Crippen MR) is 156 cm³/mol. The van der Waals surface area contributed by atoms with Crippen molar-refractivity contribution in [2.24, 2.45) is 5.41 Å². The first-order valence-electron chi connectivity index (χ1n) is 14.2. The van der Waals surface area contributed by atoms with E-state index < -0.39 is 17.1 Å². The van der Waals surface area contributed by atoms with Gasteiger partial charge in [-0.1, -0.05) is 5.21 Å². The van der Waals surface area contributed by atoms with Gasteiger partial charge in [-0.2, -0.15) is 20.3 Å². The Labute approximate surface area is 249 Å². The smallest absolute Gasteiger partial charge is 0.311 e. The SMILES string of the molecule is C[C@H](C#N)Nc1cc(-n2ncc3cc(C#N)cnc32)ncc1-n1cc(C2CCC(O)(CCOC(=O)C(C)(C)C)CC2)nn1. The molecular formula is C30H34N10O3. The Morgan fingerprint density at radius 1 is 1.21 bits per heavy atom. The third-order valence-electron chi connectivity index (χ3n) is 7.69. The molecule has 4 aromatic heterocycles. The van der Waals surface area contributed by atoms with Crippen molar-refractivity contribution in [2.45, 2.75) is 77.4 Å². The molecule has 0 amide bonds. The van der Waals surface area contributed by atoms with Crippen molar-refractivity contribution in [3.63, 3.8) is 0 Å². The fourth-order valence-electron chi connectivity index (χ4n) is 5.10. The van der Waals surface area contributed by atoms with Crippen molar-refractivity contribution in [1.82, 2.24) is 34.7 Å². The number of ether oxygens (including phenoxy) is 1. The van der Waals surface area contributed by atoms with Gasteiger partial charge in [0.25, 0.3) is 0 Å². The zero-order valence-electron chi connectivity index (χ0n) is 24.7. The summed E-state index contributed by atoms with van der Waals surface area (Å²) in [5, 5.41) is 46.8. The molecule has 0 bridgehead atoms. The molecule has 1 aliphatic rings. The van der Waals surface area contributed by atoms with Crippen LogP contribution < -0.4 is 5.32 Å². The number of hydrogen-bond donors (Lipinski definition) is 2. The summed E-state index contributed by atoms with van der Waals surface area (Å²) in [4.78, 5) is 21.0. The summed E-state index contributed by atoms with van der Waals surface area (Å²) in [5.74, 6) is 0.321. The number of nitrogens with one attached hydrogen (secondary N) is 1. The van der Waals surface area contributed by atoms with Crippen LogP contribution in [0.3, 0.4) is 0 Å². The Hall–Kier alpha value is -4.88. The number of carbonyl (C=O) groups excluding carboxylic acids is 1. The highest BCUT2D eigenvalue weighted by Gasteiger charge is 2.35. The molecule has 222 valence electrons. The first-order valence-corrected chi connectivity index (χ1v) is 14.2. The van der Waals surface area contributed by atoms with Crippen LogP contribution in [0.25, 0.3) is 22.5 Å². The van der Waals surface area contributed by atoms with E-state index in [2.05, 4.69) is 42.8 Å². The number of fused-ring (bicyclic) bond motifs is 1. The topological polar surface area (TPSA) is 180 Å². The van der Waals surface area contributed by atoms with Crippen molar-refractivity contribution in [2.75, 3.05) is 11.9 Å². The average Bonchev–Trinajstić information content (AvgIpc) is 3.64. The third kappa shape index (κ3) is 6.47. The van der Waals surface area contributed by atoms with Crippen molar-refractivity contribution in [3.8, 4) is 23.6 Å². The standard InChI is InChI=1S/C30H34N10O3/c1-19(13-31)36-23-12-26(40-27-22(16-35-40)11-20(14-32)15-34-27)33-17-25(23)39-18-24(37-38-39)21-5-7-30(42,8-6-21)9-10-43-28(41)29(2,3)4/h11-12,15-19,21,42H,5-10H2,1-4H3,(H,33,36)/t19-,21?,30?/m1/s1. The van der Waals surface area contributed by atoms with E-state index in [0.717, 1.165) is 18.5 Å². The van der Waals surface area contributed by atoms with E-state index in [0.29, 0.717) is 53.1 Å². The number of hydrogen-bond acceptors (Lipinski definition) is 11. The minimum Gasteiger partial charge on any atom is -0.465 e. The molecule has 5 rings (SSSR count). The molecule has 13 heteroatoms. The number of nitriles is 2. The summed E-state index contributed by atoms with van der Waals surface area (Å²) in [5.41, 5.74) is 1.55. The normalized spacial score (nSPS) is 19.4. The summed E-state index contributed by atoms with van der Waals surface area (Å²) in [7, 11) is 0. The Balaban J connectivity index is 1.32. The minimum absolute atomic E-state index is 0.118. The predicted octanol–water partition coefficient (Wildman–Crippen LogP) is 3.96. The number of aliphatic hydroxyl groups is 1. The van der Waals surface area contributed by atoms with Crippen LogP contribution in [0, 0.1) is 28.1 Å². The van der Waals surface area contributed by atoms with E-state index in [1.807, 2.05) is 6.20 Å². The minimum atomic E-state index is -0.878.